The molecular formula is C15H25NO3S. The number of carbonyl (C=O) groups excluding carboxylic acids is 1. The molecule has 2 saturated carbocycles. The lowest BCUT2D eigenvalue weighted by molar-refractivity contribution is -0.150. The van der Waals surface area contributed by atoms with Crippen molar-refractivity contribution >= 4 is 17.7 Å². The van der Waals surface area contributed by atoms with Crippen molar-refractivity contribution in [1.29, 1.82) is 0 Å². The fourth-order valence-corrected chi connectivity index (χ4v) is 4.59. The van der Waals surface area contributed by atoms with Crippen molar-refractivity contribution in [2.24, 2.45) is 5.92 Å². The van der Waals surface area contributed by atoms with Crippen LogP contribution in [-0.2, 0) is 14.3 Å². The zero-order valence-corrected chi connectivity index (χ0v) is 13.0. The van der Waals surface area contributed by atoms with Crippen LogP contribution in [0.2, 0.25) is 0 Å². The van der Waals surface area contributed by atoms with Crippen LogP contribution in [0.15, 0.2) is 0 Å². The number of hydrogen-bond acceptors (Lipinski definition) is 5. The Labute approximate surface area is 125 Å². The summed E-state index contributed by atoms with van der Waals surface area (Å²) in [4.78, 5) is 12.4. The third-order valence-electron chi connectivity index (χ3n) is 4.84. The van der Waals surface area contributed by atoms with E-state index < -0.39 is 5.54 Å². The number of carbonyl (C=O) groups is 1. The minimum absolute atomic E-state index is 0.0381. The number of nitrogens with one attached hydrogen (secondary N) is 1. The van der Waals surface area contributed by atoms with Crippen LogP contribution in [0.25, 0.3) is 0 Å². The molecule has 3 rings (SSSR count). The van der Waals surface area contributed by atoms with Gasteiger partial charge in [-0.25, -0.2) is 0 Å². The number of thioether (sulfide) groups is 1. The average Bonchev–Trinajstić information content (AvgIpc) is 3.12. The number of methoxy groups -OCH3 is 1. The molecule has 1 saturated heterocycles. The maximum Gasteiger partial charge on any atom is 0.326 e. The minimum atomic E-state index is -0.396. The number of hydrogen-bond donors (Lipinski definition) is 1. The van der Waals surface area contributed by atoms with E-state index in [9.17, 15) is 4.79 Å². The van der Waals surface area contributed by atoms with Crippen LogP contribution in [0.1, 0.15) is 38.5 Å². The van der Waals surface area contributed by atoms with Crippen molar-refractivity contribution in [1.82, 2.24) is 5.32 Å². The molecule has 2 unspecified atom stereocenters. The summed E-state index contributed by atoms with van der Waals surface area (Å²) in [5.74, 6) is 1.52. The first kappa shape index (κ1) is 14.7. The van der Waals surface area contributed by atoms with Gasteiger partial charge in [-0.05, 0) is 43.8 Å². The Bertz CT molecular complexity index is 357. The van der Waals surface area contributed by atoms with Gasteiger partial charge in [0.1, 0.15) is 5.54 Å². The molecule has 1 heterocycles. The molecule has 2 aliphatic carbocycles. The molecule has 2 atom stereocenters. The van der Waals surface area contributed by atoms with Crippen LogP contribution >= 0.6 is 11.8 Å². The first-order valence-corrected chi connectivity index (χ1v) is 8.85. The van der Waals surface area contributed by atoms with Crippen LogP contribution in [0.4, 0.5) is 0 Å². The Morgan fingerprint density at radius 3 is 2.80 bits per heavy atom. The zero-order chi connectivity index (χ0) is 14.0. The van der Waals surface area contributed by atoms with Gasteiger partial charge in [0.25, 0.3) is 0 Å². The van der Waals surface area contributed by atoms with Gasteiger partial charge in [0, 0.05) is 6.04 Å². The van der Waals surface area contributed by atoms with Gasteiger partial charge in [-0.2, -0.15) is 11.8 Å². The molecule has 0 amide bonds. The molecule has 3 aliphatic rings. The highest BCUT2D eigenvalue weighted by Gasteiger charge is 2.51. The van der Waals surface area contributed by atoms with E-state index in [4.69, 9.17) is 9.47 Å². The lowest BCUT2D eigenvalue weighted by Crippen LogP contribution is -2.56. The van der Waals surface area contributed by atoms with Crippen molar-refractivity contribution in [2.75, 3.05) is 26.1 Å². The van der Waals surface area contributed by atoms with Gasteiger partial charge < -0.3 is 9.47 Å². The fraction of sp³-hybridized carbons (Fsp3) is 0.933. The van der Waals surface area contributed by atoms with Gasteiger partial charge in [-0.1, -0.05) is 6.42 Å². The van der Waals surface area contributed by atoms with Gasteiger partial charge in [-0.3, -0.25) is 10.1 Å². The molecule has 0 aromatic heterocycles. The van der Waals surface area contributed by atoms with Crippen LogP contribution in [-0.4, -0.2) is 48.9 Å². The predicted molar refractivity (Wildman–Crippen MR) is 79.9 cm³/mol. The van der Waals surface area contributed by atoms with Gasteiger partial charge in [-0.15, -0.1) is 0 Å². The van der Waals surface area contributed by atoms with Gasteiger partial charge in [0.15, 0.2) is 0 Å². The van der Waals surface area contributed by atoms with E-state index in [1.165, 1.54) is 20.0 Å². The molecule has 0 bridgehead atoms. The van der Waals surface area contributed by atoms with Crippen LogP contribution in [0.3, 0.4) is 0 Å². The Morgan fingerprint density at radius 1 is 1.40 bits per heavy atom. The summed E-state index contributed by atoms with van der Waals surface area (Å²) in [5, 5.41) is 4.31. The van der Waals surface area contributed by atoms with E-state index in [0.29, 0.717) is 17.2 Å². The van der Waals surface area contributed by atoms with E-state index in [1.807, 2.05) is 11.8 Å². The maximum atomic E-state index is 12.4. The molecule has 1 aliphatic heterocycles. The topological polar surface area (TPSA) is 47.6 Å². The average molecular weight is 299 g/mol. The summed E-state index contributed by atoms with van der Waals surface area (Å²) in [5.41, 5.74) is -0.396. The van der Waals surface area contributed by atoms with Crippen molar-refractivity contribution in [2.45, 2.75) is 55.4 Å². The Morgan fingerprint density at radius 2 is 2.20 bits per heavy atom. The summed E-state index contributed by atoms with van der Waals surface area (Å²) in [6.07, 6.45) is 6.75. The monoisotopic (exact) mass is 299 g/mol. The zero-order valence-electron chi connectivity index (χ0n) is 12.2. The maximum absolute atomic E-state index is 12.4. The molecule has 1 N–H and O–H groups in total. The van der Waals surface area contributed by atoms with Gasteiger partial charge in [0.05, 0.1) is 25.6 Å². The number of rotatable bonds is 7. The normalized spacial score (nSPS) is 34.0. The number of esters is 1. The Kier molecular flexibility index (Phi) is 4.58. The van der Waals surface area contributed by atoms with E-state index in [0.717, 1.165) is 44.6 Å². The van der Waals surface area contributed by atoms with E-state index in [2.05, 4.69) is 5.32 Å². The lowest BCUT2D eigenvalue weighted by Gasteiger charge is -2.34. The Balaban J connectivity index is 1.58. The highest BCUT2D eigenvalue weighted by atomic mass is 32.2. The number of ether oxygens (including phenoxy) is 2. The van der Waals surface area contributed by atoms with Crippen molar-refractivity contribution in [3.8, 4) is 0 Å². The largest absolute Gasteiger partial charge is 0.468 e. The molecule has 3 fully saturated rings. The van der Waals surface area contributed by atoms with Crippen molar-refractivity contribution < 1.29 is 14.3 Å². The van der Waals surface area contributed by atoms with E-state index in [-0.39, 0.29) is 5.97 Å². The second-order valence-corrected chi connectivity index (χ2v) is 7.70. The third kappa shape index (κ3) is 3.00. The summed E-state index contributed by atoms with van der Waals surface area (Å²) in [6.45, 7) is 1.80. The third-order valence-corrected chi connectivity index (χ3v) is 6.05. The minimum Gasteiger partial charge on any atom is -0.468 e. The SMILES string of the molecule is COC(=O)C1(NC2CC2)CCCC1CCSC1COC1. The molecule has 4 nitrogen and oxygen atoms in total. The lowest BCUT2D eigenvalue weighted by atomic mass is 9.84. The molecule has 0 aromatic carbocycles. The second kappa shape index (κ2) is 6.24. The first-order valence-electron chi connectivity index (χ1n) is 7.80. The predicted octanol–water partition coefficient (Wildman–Crippen LogP) is 1.97. The summed E-state index contributed by atoms with van der Waals surface area (Å²) in [6, 6.07) is 0.544. The molecule has 114 valence electrons. The van der Waals surface area contributed by atoms with E-state index in [1.54, 1.807) is 0 Å². The molecule has 0 aromatic rings. The van der Waals surface area contributed by atoms with Crippen LogP contribution < -0.4 is 5.32 Å². The summed E-state index contributed by atoms with van der Waals surface area (Å²) < 4.78 is 10.3. The molecule has 5 heteroatoms. The first-order chi connectivity index (χ1) is 9.74. The highest BCUT2D eigenvalue weighted by Crippen LogP contribution is 2.42. The second-order valence-electron chi connectivity index (χ2n) is 6.29. The fourth-order valence-electron chi connectivity index (χ4n) is 3.45. The molecular weight excluding hydrogens is 274 g/mol. The summed E-state index contributed by atoms with van der Waals surface area (Å²) in [7, 11) is 1.52. The quantitative estimate of drug-likeness (QED) is 0.728. The van der Waals surface area contributed by atoms with E-state index >= 15 is 0 Å². The van der Waals surface area contributed by atoms with Crippen molar-refractivity contribution in [3.05, 3.63) is 0 Å². The smallest absolute Gasteiger partial charge is 0.326 e. The molecule has 20 heavy (non-hydrogen) atoms. The Hall–Kier alpha value is -0.260. The summed E-state index contributed by atoms with van der Waals surface area (Å²) >= 11 is 2.00. The van der Waals surface area contributed by atoms with Crippen LogP contribution in [0, 0.1) is 5.92 Å². The van der Waals surface area contributed by atoms with Gasteiger partial charge in [0.2, 0.25) is 0 Å². The standard InChI is InChI=1S/C15H25NO3S/c1-18-14(17)15(16-12-4-5-12)7-2-3-11(15)6-8-20-13-9-19-10-13/h11-13,16H,2-10H2,1H3. The highest BCUT2D eigenvalue weighted by molar-refractivity contribution is 8.00. The molecule has 0 spiro atoms. The van der Waals surface area contributed by atoms with Crippen molar-refractivity contribution in [3.63, 3.8) is 0 Å². The van der Waals surface area contributed by atoms with Crippen LogP contribution in [0.5, 0.6) is 0 Å². The molecule has 0 radical (unpaired) electrons. The van der Waals surface area contributed by atoms with Gasteiger partial charge >= 0.3 is 5.97 Å².